The zero-order valence-corrected chi connectivity index (χ0v) is 16.5. The van der Waals surface area contributed by atoms with Gasteiger partial charge in [0.15, 0.2) is 0 Å². The SMILES string of the molecule is COc1cc(Cl)ccc1NC(=O)OCCOc1cc(OC)c(Cl)c(OC)c1. The number of hydrogen-bond donors (Lipinski definition) is 1. The summed E-state index contributed by atoms with van der Waals surface area (Å²) >= 11 is 12.0. The van der Waals surface area contributed by atoms with E-state index in [1.54, 1.807) is 30.3 Å². The van der Waals surface area contributed by atoms with Crippen LogP contribution < -0.4 is 24.3 Å². The van der Waals surface area contributed by atoms with Crippen LogP contribution in [-0.4, -0.2) is 40.6 Å². The topological polar surface area (TPSA) is 75.3 Å². The summed E-state index contributed by atoms with van der Waals surface area (Å²) in [6.07, 6.45) is -0.648. The van der Waals surface area contributed by atoms with Gasteiger partial charge in [-0.1, -0.05) is 23.2 Å². The molecule has 0 fully saturated rings. The molecule has 146 valence electrons. The molecule has 7 nitrogen and oxygen atoms in total. The average molecular weight is 416 g/mol. The molecule has 0 aromatic heterocycles. The molecule has 0 saturated heterocycles. The first-order chi connectivity index (χ1) is 13.0. The zero-order valence-electron chi connectivity index (χ0n) is 15.0. The fraction of sp³-hybridized carbons (Fsp3) is 0.278. The lowest BCUT2D eigenvalue weighted by molar-refractivity contribution is 0.137. The Morgan fingerprint density at radius 2 is 1.56 bits per heavy atom. The summed E-state index contributed by atoms with van der Waals surface area (Å²) in [4.78, 5) is 11.9. The second kappa shape index (κ2) is 9.99. The Morgan fingerprint density at radius 3 is 2.15 bits per heavy atom. The molecule has 2 aromatic carbocycles. The van der Waals surface area contributed by atoms with Crippen LogP contribution in [0, 0.1) is 0 Å². The van der Waals surface area contributed by atoms with Crippen LogP contribution in [0.15, 0.2) is 30.3 Å². The van der Waals surface area contributed by atoms with Crippen molar-refractivity contribution >= 4 is 35.0 Å². The maximum Gasteiger partial charge on any atom is 0.411 e. The fourth-order valence-corrected chi connectivity index (χ4v) is 2.56. The Hall–Kier alpha value is -2.51. The second-order valence-corrected chi connectivity index (χ2v) is 5.91. The van der Waals surface area contributed by atoms with E-state index in [-0.39, 0.29) is 13.2 Å². The highest BCUT2D eigenvalue weighted by Crippen LogP contribution is 2.38. The Labute approximate surface area is 167 Å². The first-order valence-electron chi connectivity index (χ1n) is 7.80. The van der Waals surface area contributed by atoms with E-state index in [0.29, 0.717) is 38.7 Å². The third-order valence-corrected chi connectivity index (χ3v) is 4.01. The average Bonchev–Trinajstić information content (AvgIpc) is 2.67. The van der Waals surface area contributed by atoms with Gasteiger partial charge in [-0.3, -0.25) is 5.32 Å². The van der Waals surface area contributed by atoms with Crippen molar-refractivity contribution in [2.24, 2.45) is 0 Å². The molecular weight excluding hydrogens is 397 g/mol. The van der Waals surface area contributed by atoms with Gasteiger partial charge in [-0.25, -0.2) is 4.79 Å². The number of anilines is 1. The van der Waals surface area contributed by atoms with Crippen LogP contribution in [0.2, 0.25) is 10.0 Å². The molecule has 0 bridgehead atoms. The van der Waals surface area contributed by atoms with Gasteiger partial charge in [-0.15, -0.1) is 0 Å². The van der Waals surface area contributed by atoms with Crippen molar-refractivity contribution in [2.75, 3.05) is 39.9 Å². The lowest BCUT2D eigenvalue weighted by Crippen LogP contribution is -2.18. The number of nitrogens with one attached hydrogen (secondary N) is 1. The van der Waals surface area contributed by atoms with Crippen molar-refractivity contribution in [1.29, 1.82) is 0 Å². The molecule has 0 heterocycles. The Bertz CT molecular complexity index is 774. The molecule has 0 aliphatic carbocycles. The summed E-state index contributed by atoms with van der Waals surface area (Å²) in [5, 5.41) is 3.41. The molecule has 0 aliphatic heterocycles. The van der Waals surface area contributed by atoms with E-state index >= 15 is 0 Å². The highest BCUT2D eigenvalue weighted by atomic mass is 35.5. The van der Waals surface area contributed by atoms with E-state index in [0.717, 1.165) is 0 Å². The van der Waals surface area contributed by atoms with Crippen LogP contribution in [0.3, 0.4) is 0 Å². The Balaban J connectivity index is 1.86. The lowest BCUT2D eigenvalue weighted by atomic mass is 10.3. The minimum absolute atomic E-state index is 0.0228. The van der Waals surface area contributed by atoms with Crippen LogP contribution in [0.5, 0.6) is 23.0 Å². The summed E-state index contributed by atoms with van der Waals surface area (Å²) in [5.41, 5.74) is 0.444. The number of hydrogen-bond acceptors (Lipinski definition) is 6. The monoisotopic (exact) mass is 415 g/mol. The molecule has 2 aromatic rings. The zero-order chi connectivity index (χ0) is 19.8. The molecular formula is C18H19Cl2NO6. The van der Waals surface area contributed by atoms with E-state index in [2.05, 4.69) is 5.32 Å². The van der Waals surface area contributed by atoms with Gasteiger partial charge in [-0.05, 0) is 12.1 Å². The third-order valence-electron chi connectivity index (χ3n) is 3.40. The molecule has 0 spiro atoms. The van der Waals surface area contributed by atoms with Gasteiger partial charge < -0.3 is 23.7 Å². The van der Waals surface area contributed by atoms with Crippen molar-refractivity contribution in [3.63, 3.8) is 0 Å². The summed E-state index contributed by atoms with van der Waals surface area (Å²) in [5.74, 6) is 1.73. The quantitative estimate of drug-likeness (QED) is 0.632. The molecule has 27 heavy (non-hydrogen) atoms. The Morgan fingerprint density at radius 1 is 0.926 bits per heavy atom. The minimum atomic E-state index is -0.648. The fourth-order valence-electron chi connectivity index (χ4n) is 2.14. The maximum atomic E-state index is 11.9. The van der Waals surface area contributed by atoms with Crippen LogP contribution in [-0.2, 0) is 4.74 Å². The van der Waals surface area contributed by atoms with E-state index in [1.807, 2.05) is 0 Å². The van der Waals surface area contributed by atoms with Gasteiger partial charge in [0.1, 0.15) is 41.2 Å². The second-order valence-electron chi connectivity index (χ2n) is 5.10. The number of methoxy groups -OCH3 is 3. The number of carbonyl (C=O) groups is 1. The number of rotatable bonds is 8. The smallest absolute Gasteiger partial charge is 0.411 e. The number of amides is 1. The highest BCUT2D eigenvalue weighted by molar-refractivity contribution is 6.33. The first kappa shape index (κ1) is 20.8. The molecule has 1 N–H and O–H groups in total. The van der Waals surface area contributed by atoms with Crippen molar-refractivity contribution in [1.82, 2.24) is 0 Å². The standard InChI is InChI=1S/C18H19Cl2NO6/c1-23-14-8-11(19)4-5-13(14)21-18(22)27-7-6-26-12-9-15(24-2)17(20)16(10-12)25-3/h4-5,8-10H,6-7H2,1-3H3,(H,21,22). The number of benzene rings is 2. The summed E-state index contributed by atoms with van der Waals surface area (Å²) < 4.78 is 26.1. The summed E-state index contributed by atoms with van der Waals surface area (Å²) in [6.45, 7) is 0.147. The third kappa shape index (κ3) is 5.74. The minimum Gasteiger partial charge on any atom is -0.495 e. The molecule has 2 rings (SSSR count). The van der Waals surface area contributed by atoms with E-state index in [1.165, 1.54) is 21.3 Å². The van der Waals surface area contributed by atoms with E-state index in [9.17, 15) is 4.79 Å². The number of ether oxygens (including phenoxy) is 5. The number of halogens is 2. The molecule has 0 unspecified atom stereocenters. The molecule has 9 heteroatoms. The largest absolute Gasteiger partial charge is 0.495 e. The maximum absolute atomic E-state index is 11.9. The predicted molar refractivity (Wildman–Crippen MR) is 103 cm³/mol. The van der Waals surface area contributed by atoms with Gasteiger partial charge in [0.25, 0.3) is 0 Å². The predicted octanol–water partition coefficient (Wildman–Crippen LogP) is 4.65. The van der Waals surface area contributed by atoms with Crippen molar-refractivity contribution in [3.8, 4) is 23.0 Å². The van der Waals surface area contributed by atoms with E-state index in [4.69, 9.17) is 46.9 Å². The van der Waals surface area contributed by atoms with Crippen LogP contribution in [0.25, 0.3) is 0 Å². The van der Waals surface area contributed by atoms with Crippen LogP contribution >= 0.6 is 23.2 Å². The normalized spacial score (nSPS) is 10.1. The molecule has 0 atom stereocenters. The summed E-state index contributed by atoms with van der Waals surface area (Å²) in [7, 11) is 4.45. The van der Waals surface area contributed by atoms with Crippen LogP contribution in [0.1, 0.15) is 0 Å². The van der Waals surface area contributed by atoms with Gasteiger partial charge >= 0.3 is 6.09 Å². The molecule has 0 radical (unpaired) electrons. The van der Waals surface area contributed by atoms with Gasteiger partial charge in [0, 0.05) is 23.2 Å². The van der Waals surface area contributed by atoms with Crippen molar-refractivity contribution < 1.29 is 28.5 Å². The van der Waals surface area contributed by atoms with Gasteiger partial charge in [0.05, 0.1) is 27.0 Å². The molecule has 0 saturated carbocycles. The first-order valence-corrected chi connectivity index (χ1v) is 8.55. The van der Waals surface area contributed by atoms with Crippen LogP contribution in [0.4, 0.5) is 10.5 Å². The Kier molecular flexibility index (Phi) is 7.69. The lowest BCUT2D eigenvalue weighted by Gasteiger charge is -2.13. The van der Waals surface area contributed by atoms with E-state index < -0.39 is 6.09 Å². The van der Waals surface area contributed by atoms with Gasteiger partial charge in [-0.2, -0.15) is 0 Å². The molecule has 1 amide bonds. The highest BCUT2D eigenvalue weighted by Gasteiger charge is 2.12. The molecule has 0 aliphatic rings. The summed E-state index contributed by atoms with van der Waals surface area (Å²) in [6, 6.07) is 8.06. The van der Waals surface area contributed by atoms with Gasteiger partial charge in [0.2, 0.25) is 0 Å². The number of carbonyl (C=O) groups excluding carboxylic acids is 1. The van der Waals surface area contributed by atoms with Crippen molar-refractivity contribution in [3.05, 3.63) is 40.4 Å². The van der Waals surface area contributed by atoms with Crippen molar-refractivity contribution in [2.45, 2.75) is 0 Å².